The highest BCUT2D eigenvalue weighted by Gasteiger charge is 2.21. The standard InChI is InChI=1S/C11H18FN3/c1-7-9(12)10(14-6-13-7)15-8(2)11(3,4)5/h6,8H,1-5H3,(H,13,14,15). The second kappa shape index (κ2) is 4.13. The first-order valence-electron chi connectivity index (χ1n) is 5.06. The van der Waals surface area contributed by atoms with Crippen LogP contribution in [-0.4, -0.2) is 16.0 Å². The van der Waals surface area contributed by atoms with Crippen LogP contribution in [-0.2, 0) is 0 Å². The number of hydrogen-bond donors (Lipinski definition) is 1. The molecule has 0 fully saturated rings. The van der Waals surface area contributed by atoms with Crippen molar-refractivity contribution in [1.29, 1.82) is 0 Å². The van der Waals surface area contributed by atoms with Crippen molar-refractivity contribution in [3.8, 4) is 0 Å². The Balaban J connectivity index is 2.86. The Hall–Kier alpha value is -1.19. The summed E-state index contributed by atoms with van der Waals surface area (Å²) in [4.78, 5) is 7.68. The van der Waals surface area contributed by atoms with Crippen LogP contribution in [0.25, 0.3) is 0 Å². The first kappa shape index (κ1) is 11.9. The zero-order valence-corrected chi connectivity index (χ0v) is 9.93. The van der Waals surface area contributed by atoms with E-state index in [4.69, 9.17) is 0 Å². The second-order valence-electron chi connectivity index (χ2n) is 4.85. The molecule has 1 rings (SSSR count). The van der Waals surface area contributed by atoms with E-state index in [9.17, 15) is 4.39 Å². The van der Waals surface area contributed by atoms with E-state index in [2.05, 4.69) is 36.1 Å². The molecule has 0 aliphatic carbocycles. The van der Waals surface area contributed by atoms with Gasteiger partial charge < -0.3 is 5.32 Å². The van der Waals surface area contributed by atoms with Crippen LogP contribution in [0.5, 0.6) is 0 Å². The van der Waals surface area contributed by atoms with Gasteiger partial charge in [0.1, 0.15) is 6.33 Å². The van der Waals surface area contributed by atoms with E-state index < -0.39 is 0 Å². The fraction of sp³-hybridized carbons (Fsp3) is 0.636. The summed E-state index contributed by atoms with van der Waals surface area (Å²) in [5.41, 5.74) is 0.430. The molecule has 0 saturated heterocycles. The van der Waals surface area contributed by atoms with E-state index in [1.54, 1.807) is 6.92 Å². The van der Waals surface area contributed by atoms with Gasteiger partial charge in [-0.1, -0.05) is 20.8 Å². The zero-order chi connectivity index (χ0) is 11.6. The van der Waals surface area contributed by atoms with Crippen LogP contribution in [0.4, 0.5) is 10.2 Å². The fourth-order valence-corrected chi connectivity index (χ4v) is 0.980. The van der Waals surface area contributed by atoms with E-state index in [-0.39, 0.29) is 23.1 Å². The number of nitrogens with one attached hydrogen (secondary N) is 1. The number of aryl methyl sites for hydroxylation is 1. The smallest absolute Gasteiger partial charge is 0.186 e. The average Bonchev–Trinajstić information content (AvgIpc) is 2.11. The van der Waals surface area contributed by atoms with Crippen molar-refractivity contribution < 1.29 is 4.39 Å². The number of rotatable bonds is 2. The van der Waals surface area contributed by atoms with Gasteiger partial charge in [0.15, 0.2) is 11.6 Å². The van der Waals surface area contributed by atoms with Gasteiger partial charge in [-0.3, -0.25) is 0 Å². The molecule has 0 aromatic carbocycles. The minimum atomic E-state index is -0.367. The number of nitrogens with zero attached hydrogens (tertiary/aromatic N) is 2. The van der Waals surface area contributed by atoms with E-state index >= 15 is 0 Å². The predicted molar refractivity (Wildman–Crippen MR) is 59.3 cm³/mol. The molecular weight excluding hydrogens is 193 g/mol. The molecule has 1 aromatic heterocycles. The maximum Gasteiger partial charge on any atom is 0.186 e. The number of aromatic nitrogens is 2. The summed E-state index contributed by atoms with van der Waals surface area (Å²) >= 11 is 0. The molecule has 1 atom stereocenters. The molecular formula is C11H18FN3. The molecule has 84 valence electrons. The lowest BCUT2D eigenvalue weighted by Gasteiger charge is -2.28. The van der Waals surface area contributed by atoms with Crippen molar-refractivity contribution in [2.75, 3.05) is 5.32 Å². The Morgan fingerprint density at radius 3 is 2.47 bits per heavy atom. The molecule has 15 heavy (non-hydrogen) atoms. The summed E-state index contributed by atoms with van der Waals surface area (Å²) < 4.78 is 13.6. The molecule has 0 spiro atoms. The third kappa shape index (κ3) is 2.88. The lowest BCUT2D eigenvalue weighted by Crippen LogP contribution is -2.31. The Morgan fingerprint density at radius 1 is 1.33 bits per heavy atom. The van der Waals surface area contributed by atoms with Gasteiger partial charge in [0.25, 0.3) is 0 Å². The lowest BCUT2D eigenvalue weighted by atomic mass is 9.88. The van der Waals surface area contributed by atoms with Gasteiger partial charge in [-0.05, 0) is 19.3 Å². The Bertz CT molecular complexity index is 344. The molecule has 1 unspecified atom stereocenters. The molecule has 1 N–H and O–H groups in total. The van der Waals surface area contributed by atoms with Crippen LogP contribution in [0, 0.1) is 18.2 Å². The first-order valence-corrected chi connectivity index (χ1v) is 5.06. The van der Waals surface area contributed by atoms with Crippen molar-refractivity contribution in [2.45, 2.75) is 40.7 Å². The fourth-order valence-electron chi connectivity index (χ4n) is 0.980. The average molecular weight is 211 g/mol. The maximum atomic E-state index is 13.6. The molecule has 0 radical (unpaired) electrons. The van der Waals surface area contributed by atoms with Gasteiger partial charge >= 0.3 is 0 Å². The molecule has 1 aromatic rings. The first-order chi connectivity index (χ1) is 6.82. The molecule has 3 nitrogen and oxygen atoms in total. The van der Waals surface area contributed by atoms with Crippen LogP contribution >= 0.6 is 0 Å². The number of anilines is 1. The van der Waals surface area contributed by atoms with Crippen LogP contribution in [0.1, 0.15) is 33.4 Å². The van der Waals surface area contributed by atoms with Crippen LogP contribution < -0.4 is 5.32 Å². The summed E-state index contributed by atoms with van der Waals surface area (Å²) in [5.74, 6) is -0.0847. The highest BCUT2D eigenvalue weighted by atomic mass is 19.1. The largest absolute Gasteiger partial charge is 0.365 e. The van der Waals surface area contributed by atoms with Crippen molar-refractivity contribution in [1.82, 2.24) is 9.97 Å². The summed E-state index contributed by atoms with van der Waals surface area (Å²) in [6.45, 7) is 9.92. The van der Waals surface area contributed by atoms with Gasteiger partial charge in [-0.25, -0.2) is 14.4 Å². The minimum absolute atomic E-state index is 0.0608. The summed E-state index contributed by atoms with van der Waals surface area (Å²) in [5, 5.41) is 3.06. The predicted octanol–water partition coefficient (Wildman–Crippen LogP) is 2.77. The van der Waals surface area contributed by atoms with Crippen molar-refractivity contribution in [3.05, 3.63) is 17.8 Å². The molecule has 1 heterocycles. The van der Waals surface area contributed by atoms with E-state index in [1.807, 2.05) is 6.92 Å². The molecule has 0 aliphatic rings. The molecule has 0 aliphatic heterocycles. The molecule has 0 bridgehead atoms. The highest BCUT2D eigenvalue weighted by Crippen LogP contribution is 2.23. The van der Waals surface area contributed by atoms with Crippen LogP contribution in [0.2, 0.25) is 0 Å². The molecule has 0 amide bonds. The second-order valence-corrected chi connectivity index (χ2v) is 4.85. The van der Waals surface area contributed by atoms with E-state index in [1.165, 1.54) is 6.33 Å². The maximum absolute atomic E-state index is 13.6. The lowest BCUT2D eigenvalue weighted by molar-refractivity contribution is 0.357. The summed E-state index contributed by atoms with van der Waals surface area (Å²) in [6.07, 6.45) is 1.37. The molecule has 4 heteroatoms. The van der Waals surface area contributed by atoms with E-state index in [0.29, 0.717) is 5.69 Å². The number of hydrogen-bond acceptors (Lipinski definition) is 3. The highest BCUT2D eigenvalue weighted by molar-refractivity contribution is 5.38. The molecule has 0 saturated carbocycles. The third-order valence-corrected chi connectivity index (χ3v) is 2.62. The van der Waals surface area contributed by atoms with Gasteiger partial charge in [-0.15, -0.1) is 0 Å². The van der Waals surface area contributed by atoms with Gasteiger partial charge in [0.05, 0.1) is 5.69 Å². The summed E-state index contributed by atoms with van der Waals surface area (Å²) in [7, 11) is 0. The normalized spacial score (nSPS) is 13.7. The van der Waals surface area contributed by atoms with Crippen molar-refractivity contribution >= 4 is 5.82 Å². The monoisotopic (exact) mass is 211 g/mol. The van der Waals surface area contributed by atoms with Gasteiger partial charge in [0.2, 0.25) is 0 Å². The zero-order valence-electron chi connectivity index (χ0n) is 9.93. The Labute approximate surface area is 90.1 Å². The van der Waals surface area contributed by atoms with Crippen LogP contribution in [0.15, 0.2) is 6.33 Å². The number of halogens is 1. The summed E-state index contributed by atoms with van der Waals surface area (Å²) in [6, 6.07) is 0.140. The van der Waals surface area contributed by atoms with Crippen LogP contribution in [0.3, 0.4) is 0 Å². The van der Waals surface area contributed by atoms with Crippen molar-refractivity contribution in [3.63, 3.8) is 0 Å². The van der Waals surface area contributed by atoms with Crippen molar-refractivity contribution in [2.24, 2.45) is 5.41 Å². The minimum Gasteiger partial charge on any atom is -0.365 e. The topological polar surface area (TPSA) is 37.8 Å². The Kier molecular flexibility index (Phi) is 3.27. The Morgan fingerprint density at radius 2 is 1.93 bits per heavy atom. The quantitative estimate of drug-likeness (QED) is 0.817. The van der Waals surface area contributed by atoms with E-state index in [0.717, 1.165) is 0 Å². The third-order valence-electron chi connectivity index (χ3n) is 2.62. The van der Waals surface area contributed by atoms with Gasteiger partial charge in [0, 0.05) is 6.04 Å². The van der Waals surface area contributed by atoms with Gasteiger partial charge in [-0.2, -0.15) is 0 Å². The SMILES string of the molecule is Cc1ncnc(NC(C)C(C)(C)C)c1F.